The second-order valence-electron chi connectivity index (χ2n) is 7.98. The molecule has 0 bridgehead atoms. The SMILES string of the molecule is COc1ccc(C(=O)Nc2ccccc2-c2ccccc2)cc1S(=O)(=O)N(C)Cc1ccccc1. The van der Waals surface area contributed by atoms with E-state index in [1.54, 1.807) is 6.07 Å². The quantitative estimate of drug-likeness (QED) is 0.360. The van der Waals surface area contributed by atoms with Gasteiger partial charge in [-0.1, -0.05) is 78.9 Å². The third kappa shape index (κ3) is 5.42. The van der Waals surface area contributed by atoms with Crippen LogP contribution in [0.15, 0.2) is 108 Å². The Morgan fingerprint density at radius 2 is 1.49 bits per heavy atom. The minimum Gasteiger partial charge on any atom is -0.495 e. The second kappa shape index (κ2) is 10.5. The summed E-state index contributed by atoms with van der Waals surface area (Å²) < 4.78 is 33.4. The van der Waals surface area contributed by atoms with Crippen LogP contribution >= 0.6 is 0 Å². The van der Waals surface area contributed by atoms with Gasteiger partial charge in [-0.3, -0.25) is 4.79 Å². The summed E-state index contributed by atoms with van der Waals surface area (Å²) in [5, 5.41) is 2.92. The molecule has 0 fully saturated rings. The van der Waals surface area contributed by atoms with Gasteiger partial charge in [-0.15, -0.1) is 0 Å². The summed E-state index contributed by atoms with van der Waals surface area (Å²) in [5.74, 6) is -0.246. The predicted molar refractivity (Wildman–Crippen MR) is 138 cm³/mol. The fourth-order valence-electron chi connectivity index (χ4n) is 3.77. The summed E-state index contributed by atoms with van der Waals surface area (Å²) in [7, 11) is -1.02. The monoisotopic (exact) mass is 486 g/mol. The zero-order chi connectivity index (χ0) is 24.8. The Hall–Kier alpha value is -3.94. The number of methoxy groups -OCH3 is 1. The van der Waals surface area contributed by atoms with Crippen LogP contribution in [0.1, 0.15) is 15.9 Å². The highest BCUT2D eigenvalue weighted by atomic mass is 32.2. The molecule has 4 aromatic carbocycles. The van der Waals surface area contributed by atoms with E-state index in [1.807, 2.05) is 84.9 Å². The minimum atomic E-state index is -3.93. The predicted octanol–water partition coefficient (Wildman–Crippen LogP) is 5.44. The van der Waals surface area contributed by atoms with E-state index >= 15 is 0 Å². The number of carbonyl (C=O) groups excluding carboxylic acids is 1. The fraction of sp³-hybridized carbons (Fsp3) is 0.107. The van der Waals surface area contributed by atoms with Crippen molar-refractivity contribution in [3.8, 4) is 16.9 Å². The van der Waals surface area contributed by atoms with Gasteiger partial charge in [0.05, 0.1) is 7.11 Å². The first-order valence-corrected chi connectivity index (χ1v) is 12.5. The van der Waals surface area contributed by atoms with Crippen molar-refractivity contribution in [3.05, 3.63) is 114 Å². The molecule has 0 radical (unpaired) electrons. The van der Waals surface area contributed by atoms with Crippen LogP contribution in [0.5, 0.6) is 5.75 Å². The Labute approximate surface area is 205 Å². The highest BCUT2D eigenvalue weighted by Gasteiger charge is 2.26. The van der Waals surface area contributed by atoms with E-state index in [0.29, 0.717) is 5.69 Å². The number of anilines is 1. The molecule has 0 aromatic heterocycles. The molecular formula is C28H26N2O4S. The lowest BCUT2D eigenvalue weighted by Crippen LogP contribution is -2.27. The van der Waals surface area contributed by atoms with Gasteiger partial charge in [0.25, 0.3) is 5.91 Å². The number of amides is 1. The van der Waals surface area contributed by atoms with E-state index < -0.39 is 15.9 Å². The van der Waals surface area contributed by atoms with Crippen LogP contribution in [-0.2, 0) is 16.6 Å². The molecule has 1 amide bonds. The highest BCUT2D eigenvalue weighted by Crippen LogP contribution is 2.30. The molecule has 6 nitrogen and oxygen atoms in total. The molecule has 0 aliphatic rings. The topological polar surface area (TPSA) is 75.7 Å². The third-order valence-corrected chi connectivity index (χ3v) is 7.45. The maximum atomic E-state index is 13.4. The number of benzene rings is 4. The molecule has 0 atom stereocenters. The Morgan fingerprint density at radius 1 is 0.857 bits per heavy atom. The summed E-state index contributed by atoms with van der Waals surface area (Å²) in [5.41, 5.74) is 3.52. The number of nitrogens with one attached hydrogen (secondary N) is 1. The van der Waals surface area contributed by atoms with Crippen LogP contribution in [0.4, 0.5) is 5.69 Å². The van der Waals surface area contributed by atoms with Crippen molar-refractivity contribution >= 4 is 21.6 Å². The van der Waals surface area contributed by atoms with Crippen molar-refractivity contribution in [3.63, 3.8) is 0 Å². The van der Waals surface area contributed by atoms with Crippen molar-refractivity contribution in [1.29, 1.82) is 0 Å². The van der Waals surface area contributed by atoms with Crippen molar-refractivity contribution in [2.24, 2.45) is 0 Å². The first-order chi connectivity index (χ1) is 16.9. The lowest BCUT2D eigenvalue weighted by Gasteiger charge is -2.20. The molecule has 0 unspecified atom stereocenters. The molecule has 0 saturated carbocycles. The van der Waals surface area contributed by atoms with Gasteiger partial charge in [0, 0.05) is 30.4 Å². The summed E-state index contributed by atoms with van der Waals surface area (Å²) in [4.78, 5) is 13.1. The molecule has 0 aliphatic carbocycles. The molecule has 1 N–H and O–H groups in total. The molecule has 0 aliphatic heterocycles. The molecular weight excluding hydrogens is 460 g/mol. The van der Waals surface area contributed by atoms with Crippen molar-refractivity contribution < 1.29 is 17.9 Å². The molecule has 0 heterocycles. The standard InChI is InChI=1S/C28H26N2O4S/c1-30(20-21-11-5-3-6-12-21)35(32,33)27-19-23(17-18-26(27)34-2)28(31)29-25-16-10-9-15-24(25)22-13-7-4-8-14-22/h3-19H,20H2,1-2H3,(H,29,31). The molecule has 35 heavy (non-hydrogen) atoms. The number of carbonyl (C=O) groups is 1. The summed E-state index contributed by atoms with van der Waals surface area (Å²) in [6.07, 6.45) is 0. The number of ether oxygens (including phenoxy) is 1. The minimum absolute atomic E-state index is 0.0672. The Kier molecular flexibility index (Phi) is 7.29. The smallest absolute Gasteiger partial charge is 0.255 e. The number of nitrogens with zero attached hydrogens (tertiary/aromatic N) is 1. The van der Waals surface area contributed by atoms with Gasteiger partial charge in [0.15, 0.2) is 0 Å². The van der Waals surface area contributed by atoms with Crippen molar-refractivity contribution in [2.75, 3.05) is 19.5 Å². The number of hydrogen-bond acceptors (Lipinski definition) is 4. The summed E-state index contributed by atoms with van der Waals surface area (Å²) >= 11 is 0. The first-order valence-electron chi connectivity index (χ1n) is 11.0. The first kappa shape index (κ1) is 24.2. The van der Waals surface area contributed by atoms with E-state index in [9.17, 15) is 13.2 Å². The zero-order valence-corrected chi connectivity index (χ0v) is 20.3. The van der Waals surface area contributed by atoms with Crippen LogP contribution in [-0.4, -0.2) is 32.8 Å². The average molecular weight is 487 g/mol. The lowest BCUT2D eigenvalue weighted by atomic mass is 10.0. The van der Waals surface area contributed by atoms with E-state index in [0.717, 1.165) is 16.7 Å². The number of para-hydroxylation sites is 1. The van der Waals surface area contributed by atoms with Gasteiger partial charge in [-0.2, -0.15) is 4.31 Å². The van der Waals surface area contributed by atoms with E-state index in [-0.39, 0.29) is 22.8 Å². The molecule has 178 valence electrons. The van der Waals surface area contributed by atoms with Crippen LogP contribution in [0.3, 0.4) is 0 Å². The summed E-state index contributed by atoms with van der Waals surface area (Å²) in [6, 6.07) is 30.9. The van der Waals surface area contributed by atoms with Crippen LogP contribution < -0.4 is 10.1 Å². The van der Waals surface area contributed by atoms with Crippen LogP contribution in [0.2, 0.25) is 0 Å². The maximum absolute atomic E-state index is 13.4. The van der Waals surface area contributed by atoms with E-state index in [4.69, 9.17) is 4.74 Å². The molecule has 4 rings (SSSR count). The van der Waals surface area contributed by atoms with E-state index in [2.05, 4.69) is 5.32 Å². The zero-order valence-electron chi connectivity index (χ0n) is 19.5. The highest BCUT2D eigenvalue weighted by molar-refractivity contribution is 7.89. The summed E-state index contributed by atoms with van der Waals surface area (Å²) in [6.45, 7) is 0.188. The molecule has 4 aromatic rings. The van der Waals surface area contributed by atoms with Gasteiger partial charge in [0.1, 0.15) is 10.6 Å². The molecule has 7 heteroatoms. The Bertz CT molecular complexity index is 1420. The van der Waals surface area contributed by atoms with Gasteiger partial charge in [-0.05, 0) is 35.4 Å². The van der Waals surface area contributed by atoms with Crippen molar-refractivity contribution in [1.82, 2.24) is 4.31 Å². The largest absolute Gasteiger partial charge is 0.495 e. The Balaban J connectivity index is 1.64. The number of rotatable bonds is 8. The number of sulfonamides is 1. The number of hydrogen-bond donors (Lipinski definition) is 1. The van der Waals surface area contributed by atoms with Crippen molar-refractivity contribution in [2.45, 2.75) is 11.4 Å². The van der Waals surface area contributed by atoms with Gasteiger partial charge < -0.3 is 10.1 Å². The lowest BCUT2D eigenvalue weighted by molar-refractivity contribution is 0.102. The average Bonchev–Trinajstić information content (AvgIpc) is 2.89. The molecule has 0 saturated heterocycles. The second-order valence-corrected chi connectivity index (χ2v) is 9.99. The Morgan fingerprint density at radius 3 is 2.17 bits per heavy atom. The fourth-order valence-corrected chi connectivity index (χ4v) is 5.11. The maximum Gasteiger partial charge on any atom is 0.255 e. The van der Waals surface area contributed by atoms with Crippen LogP contribution in [0.25, 0.3) is 11.1 Å². The van der Waals surface area contributed by atoms with Gasteiger partial charge in [0.2, 0.25) is 10.0 Å². The normalized spacial score (nSPS) is 11.3. The third-order valence-electron chi connectivity index (χ3n) is 5.62. The van der Waals surface area contributed by atoms with Crippen LogP contribution in [0, 0.1) is 0 Å². The van der Waals surface area contributed by atoms with E-state index in [1.165, 1.54) is 30.6 Å². The van der Waals surface area contributed by atoms with Gasteiger partial charge in [-0.25, -0.2) is 8.42 Å². The molecule has 0 spiro atoms. The van der Waals surface area contributed by atoms with Gasteiger partial charge >= 0.3 is 0 Å².